The summed E-state index contributed by atoms with van der Waals surface area (Å²) in [6.07, 6.45) is 4.89. The van der Waals surface area contributed by atoms with E-state index in [1.807, 2.05) is 6.92 Å². The summed E-state index contributed by atoms with van der Waals surface area (Å²) in [5.41, 5.74) is 5.73. The lowest BCUT2D eigenvalue weighted by atomic mass is 9.80. The average Bonchev–Trinajstić information content (AvgIpc) is 2.24. The molecule has 1 fully saturated rings. The molecule has 3 unspecified atom stereocenters. The molecule has 2 N–H and O–H groups in total. The summed E-state index contributed by atoms with van der Waals surface area (Å²) in [5.74, 6) is 1.18. The van der Waals surface area contributed by atoms with Crippen LogP contribution >= 0.6 is 0 Å². The van der Waals surface area contributed by atoms with Crippen molar-refractivity contribution < 1.29 is 9.53 Å². The zero-order chi connectivity index (χ0) is 12.1. The molecule has 94 valence electrons. The number of ether oxygens (including phenoxy) is 1. The summed E-state index contributed by atoms with van der Waals surface area (Å²) >= 11 is 0. The Kier molecular flexibility index (Phi) is 5.26. The normalized spacial score (nSPS) is 32.1. The van der Waals surface area contributed by atoms with E-state index in [1.54, 1.807) is 0 Å². The molecule has 0 aromatic carbocycles. The monoisotopic (exact) mass is 227 g/mol. The van der Waals surface area contributed by atoms with E-state index in [2.05, 4.69) is 13.8 Å². The molecule has 0 spiro atoms. The first-order chi connectivity index (χ1) is 7.54. The zero-order valence-electron chi connectivity index (χ0n) is 10.7. The summed E-state index contributed by atoms with van der Waals surface area (Å²) in [6.45, 7) is 6.53. The summed E-state index contributed by atoms with van der Waals surface area (Å²) < 4.78 is 5.46. The Morgan fingerprint density at radius 3 is 2.62 bits per heavy atom. The highest BCUT2D eigenvalue weighted by Crippen LogP contribution is 2.31. The standard InChI is InChI=1S/C13H25NO2/c1-4-5-12(14)13(15)16-11-7-6-9(2)10(3)8-11/h9-12H,4-8,14H2,1-3H3/t9?,10?,11?,12-/m0/s1. The number of nitrogens with two attached hydrogens (primary N) is 1. The van der Waals surface area contributed by atoms with Gasteiger partial charge in [-0.3, -0.25) is 4.79 Å². The van der Waals surface area contributed by atoms with Crippen LogP contribution in [0.5, 0.6) is 0 Å². The van der Waals surface area contributed by atoms with Crippen molar-refractivity contribution >= 4 is 5.97 Å². The minimum Gasteiger partial charge on any atom is -0.461 e. The number of esters is 1. The van der Waals surface area contributed by atoms with E-state index in [0.29, 0.717) is 5.92 Å². The smallest absolute Gasteiger partial charge is 0.323 e. The summed E-state index contributed by atoms with van der Waals surface area (Å²) in [4.78, 5) is 11.6. The lowest BCUT2D eigenvalue weighted by Crippen LogP contribution is -2.37. The van der Waals surface area contributed by atoms with Crippen LogP contribution in [0.15, 0.2) is 0 Å². The Morgan fingerprint density at radius 2 is 2.06 bits per heavy atom. The summed E-state index contributed by atoms with van der Waals surface area (Å²) in [6, 6.07) is -0.431. The molecule has 0 bridgehead atoms. The molecule has 1 aliphatic carbocycles. The fourth-order valence-electron chi connectivity index (χ4n) is 2.29. The molecule has 4 atom stereocenters. The van der Waals surface area contributed by atoms with E-state index in [-0.39, 0.29) is 12.1 Å². The molecule has 3 nitrogen and oxygen atoms in total. The highest BCUT2D eigenvalue weighted by molar-refractivity contribution is 5.75. The van der Waals surface area contributed by atoms with Gasteiger partial charge in [0.2, 0.25) is 0 Å². The van der Waals surface area contributed by atoms with Crippen molar-refractivity contribution in [3.63, 3.8) is 0 Å². The first kappa shape index (κ1) is 13.5. The van der Waals surface area contributed by atoms with Gasteiger partial charge in [0.15, 0.2) is 0 Å². The highest BCUT2D eigenvalue weighted by Gasteiger charge is 2.28. The van der Waals surface area contributed by atoms with Crippen LogP contribution in [0, 0.1) is 11.8 Å². The van der Waals surface area contributed by atoms with Gasteiger partial charge in [-0.1, -0.05) is 27.2 Å². The first-order valence-corrected chi connectivity index (χ1v) is 6.50. The maximum absolute atomic E-state index is 11.6. The molecule has 0 aliphatic heterocycles. The maximum Gasteiger partial charge on any atom is 0.323 e. The van der Waals surface area contributed by atoms with Crippen LogP contribution in [0.3, 0.4) is 0 Å². The summed E-state index contributed by atoms with van der Waals surface area (Å²) in [5, 5.41) is 0. The lowest BCUT2D eigenvalue weighted by molar-refractivity contribution is -0.153. The van der Waals surface area contributed by atoms with Gasteiger partial charge in [0.1, 0.15) is 12.1 Å². The summed E-state index contributed by atoms with van der Waals surface area (Å²) in [7, 11) is 0. The van der Waals surface area contributed by atoms with Crippen LogP contribution in [-0.2, 0) is 9.53 Å². The van der Waals surface area contributed by atoms with E-state index in [1.165, 1.54) is 0 Å². The van der Waals surface area contributed by atoms with Crippen LogP contribution in [0.2, 0.25) is 0 Å². The largest absolute Gasteiger partial charge is 0.461 e. The molecule has 16 heavy (non-hydrogen) atoms. The molecular formula is C13H25NO2. The van der Waals surface area contributed by atoms with Crippen molar-refractivity contribution in [2.75, 3.05) is 0 Å². The third-order valence-corrected chi connectivity index (χ3v) is 3.74. The minimum absolute atomic E-state index is 0.0987. The van der Waals surface area contributed by atoms with Crippen molar-refractivity contribution in [2.45, 2.75) is 65.0 Å². The zero-order valence-corrected chi connectivity index (χ0v) is 10.7. The number of carbonyl (C=O) groups is 1. The number of hydrogen-bond donors (Lipinski definition) is 1. The van der Waals surface area contributed by atoms with Crippen LogP contribution in [0.4, 0.5) is 0 Å². The van der Waals surface area contributed by atoms with Gasteiger partial charge >= 0.3 is 5.97 Å². The Hall–Kier alpha value is -0.570. The Labute approximate surface area is 98.7 Å². The molecule has 0 heterocycles. The van der Waals surface area contributed by atoms with E-state index >= 15 is 0 Å². The molecule has 1 aliphatic rings. The molecule has 1 saturated carbocycles. The Bertz CT molecular complexity index is 230. The molecule has 0 aromatic rings. The van der Waals surface area contributed by atoms with Crippen molar-refractivity contribution in [3.05, 3.63) is 0 Å². The molecule has 3 heteroatoms. The van der Waals surface area contributed by atoms with Gasteiger partial charge in [0.25, 0.3) is 0 Å². The quantitative estimate of drug-likeness (QED) is 0.751. The van der Waals surface area contributed by atoms with Gasteiger partial charge in [0, 0.05) is 0 Å². The van der Waals surface area contributed by atoms with E-state index < -0.39 is 6.04 Å². The van der Waals surface area contributed by atoms with Crippen molar-refractivity contribution in [1.29, 1.82) is 0 Å². The molecular weight excluding hydrogens is 202 g/mol. The fourth-order valence-corrected chi connectivity index (χ4v) is 2.29. The first-order valence-electron chi connectivity index (χ1n) is 6.50. The van der Waals surface area contributed by atoms with Crippen LogP contribution in [0.25, 0.3) is 0 Å². The van der Waals surface area contributed by atoms with Gasteiger partial charge < -0.3 is 10.5 Å². The predicted molar refractivity (Wildman–Crippen MR) is 64.9 cm³/mol. The van der Waals surface area contributed by atoms with Crippen LogP contribution < -0.4 is 5.73 Å². The van der Waals surface area contributed by atoms with Gasteiger partial charge in [-0.15, -0.1) is 0 Å². The van der Waals surface area contributed by atoms with Crippen molar-refractivity contribution in [2.24, 2.45) is 17.6 Å². The molecule has 1 rings (SSSR count). The van der Waals surface area contributed by atoms with E-state index in [4.69, 9.17) is 10.5 Å². The third kappa shape index (κ3) is 3.78. The number of carbonyl (C=O) groups excluding carboxylic acids is 1. The van der Waals surface area contributed by atoms with Crippen LogP contribution in [0.1, 0.15) is 52.9 Å². The number of rotatable bonds is 4. The topological polar surface area (TPSA) is 52.3 Å². The molecule has 0 radical (unpaired) electrons. The second kappa shape index (κ2) is 6.24. The second-order valence-electron chi connectivity index (χ2n) is 5.22. The van der Waals surface area contributed by atoms with E-state index in [0.717, 1.165) is 38.0 Å². The Morgan fingerprint density at radius 1 is 1.38 bits per heavy atom. The van der Waals surface area contributed by atoms with Gasteiger partial charge in [-0.25, -0.2) is 0 Å². The lowest BCUT2D eigenvalue weighted by Gasteiger charge is -2.32. The van der Waals surface area contributed by atoms with E-state index in [9.17, 15) is 4.79 Å². The molecule has 0 aromatic heterocycles. The van der Waals surface area contributed by atoms with Gasteiger partial charge in [0.05, 0.1) is 0 Å². The third-order valence-electron chi connectivity index (χ3n) is 3.74. The van der Waals surface area contributed by atoms with Crippen LogP contribution in [-0.4, -0.2) is 18.1 Å². The number of hydrogen-bond acceptors (Lipinski definition) is 3. The maximum atomic E-state index is 11.6. The Balaban J connectivity index is 2.34. The average molecular weight is 227 g/mol. The predicted octanol–water partition coefficient (Wildman–Crippen LogP) is 2.48. The fraction of sp³-hybridized carbons (Fsp3) is 0.923. The van der Waals surface area contributed by atoms with Crippen molar-refractivity contribution in [3.8, 4) is 0 Å². The molecule has 0 saturated heterocycles. The van der Waals surface area contributed by atoms with Gasteiger partial charge in [-0.05, 0) is 37.5 Å². The van der Waals surface area contributed by atoms with Crippen molar-refractivity contribution in [1.82, 2.24) is 0 Å². The SMILES string of the molecule is CCC[C@H](N)C(=O)OC1CCC(C)C(C)C1. The molecule has 0 amide bonds. The van der Waals surface area contributed by atoms with Gasteiger partial charge in [-0.2, -0.15) is 0 Å². The second-order valence-corrected chi connectivity index (χ2v) is 5.22. The highest BCUT2D eigenvalue weighted by atomic mass is 16.5. The minimum atomic E-state index is -0.431.